The number of carbonyl (C=O) groups is 1. The number of aliphatic hydroxyl groups is 1. The summed E-state index contributed by atoms with van der Waals surface area (Å²) in [5, 5.41) is 17.2. The van der Waals surface area contributed by atoms with E-state index in [2.05, 4.69) is 24.3 Å². The maximum atomic E-state index is 12.0. The number of amides is 1. The van der Waals surface area contributed by atoms with Crippen LogP contribution in [0.2, 0.25) is 0 Å². The first kappa shape index (κ1) is 14.4. The van der Waals surface area contributed by atoms with Crippen molar-refractivity contribution in [2.24, 2.45) is 7.05 Å². The molecule has 5 nitrogen and oxygen atoms in total. The third-order valence-electron chi connectivity index (χ3n) is 3.40. The van der Waals surface area contributed by atoms with Crippen LogP contribution >= 0.6 is 11.8 Å². The molecule has 1 atom stereocenters. The number of nitrogens with one attached hydrogen (secondary N) is 1. The van der Waals surface area contributed by atoms with Crippen LogP contribution < -0.4 is 5.32 Å². The van der Waals surface area contributed by atoms with Crippen LogP contribution in [0.4, 0.5) is 0 Å². The van der Waals surface area contributed by atoms with Crippen molar-refractivity contribution in [3.05, 3.63) is 17.5 Å². The highest BCUT2D eigenvalue weighted by Crippen LogP contribution is 2.27. The highest BCUT2D eigenvalue weighted by atomic mass is 32.2. The average Bonchev–Trinajstić information content (AvgIpc) is 2.93. The third-order valence-corrected chi connectivity index (χ3v) is 4.63. The number of aromatic nitrogens is 2. The van der Waals surface area contributed by atoms with Crippen molar-refractivity contribution < 1.29 is 9.90 Å². The summed E-state index contributed by atoms with van der Waals surface area (Å²) in [4.78, 5) is 12.0. The van der Waals surface area contributed by atoms with Crippen LogP contribution in [0.3, 0.4) is 0 Å². The Morgan fingerprint density at radius 1 is 1.68 bits per heavy atom. The maximum absolute atomic E-state index is 12.0. The van der Waals surface area contributed by atoms with Crippen molar-refractivity contribution >= 4 is 17.7 Å². The fourth-order valence-electron chi connectivity index (χ4n) is 2.20. The van der Waals surface area contributed by atoms with Gasteiger partial charge in [-0.2, -0.15) is 16.9 Å². The monoisotopic (exact) mass is 283 g/mol. The lowest BCUT2D eigenvalue weighted by Gasteiger charge is -2.21. The number of hydrogen-bond donors (Lipinski definition) is 2. The molecule has 1 aliphatic heterocycles. The highest BCUT2D eigenvalue weighted by molar-refractivity contribution is 7.99. The summed E-state index contributed by atoms with van der Waals surface area (Å²) >= 11 is 1.72. The van der Waals surface area contributed by atoms with Gasteiger partial charge in [0, 0.05) is 25.0 Å². The summed E-state index contributed by atoms with van der Waals surface area (Å²) in [6.07, 6.45) is 0.734. The summed E-state index contributed by atoms with van der Waals surface area (Å²) in [6.45, 7) is 4.43. The molecule has 2 heterocycles. The van der Waals surface area contributed by atoms with Crippen LogP contribution in [0, 0.1) is 0 Å². The van der Waals surface area contributed by atoms with Crippen molar-refractivity contribution in [2.75, 3.05) is 18.1 Å². The molecule has 1 amide bonds. The molecule has 0 radical (unpaired) electrons. The van der Waals surface area contributed by atoms with E-state index < -0.39 is 5.60 Å². The van der Waals surface area contributed by atoms with E-state index in [4.69, 9.17) is 0 Å². The number of thioether (sulfide) groups is 1. The van der Waals surface area contributed by atoms with Crippen molar-refractivity contribution in [3.8, 4) is 0 Å². The van der Waals surface area contributed by atoms with Gasteiger partial charge in [0.05, 0.1) is 5.60 Å². The predicted octanol–water partition coefficient (Wildman–Crippen LogP) is 1.14. The number of rotatable bonds is 4. The van der Waals surface area contributed by atoms with Gasteiger partial charge >= 0.3 is 0 Å². The smallest absolute Gasteiger partial charge is 0.271 e. The topological polar surface area (TPSA) is 67.2 Å². The molecule has 1 aromatic rings. The molecule has 19 heavy (non-hydrogen) atoms. The van der Waals surface area contributed by atoms with Crippen LogP contribution in [-0.2, 0) is 7.05 Å². The fraction of sp³-hybridized carbons (Fsp3) is 0.692. The predicted molar refractivity (Wildman–Crippen MR) is 76.5 cm³/mol. The molecule has 2 N–H and O–H groups in total. The second-order valence-corrected chi connectivity index (χ2v) is 6.55. The molecule has 1 aromatic heterocycles. The van der Waals surface area contributed by atoms with Gasteiger partial charge in [0.25, 0.3) is 5.91 Å². The standard InChI is InChI=1S/C13H21N3O2S/c1-9(2)11-6-10(15-16(11)3)12(17)14-7-13(18)4-5-19-8-13/h6,9,18H,4-5,7-8H2,1-3H3,(H,14,17). The Kier molecular flexibility index (Phi) is 4.20. The normalized spacial score (nSPS) is 23.0. The quantitative estimate of drug-likeness (QED) is 0.869. The molecule has 106 valence electrons. The number of nitrogens with zero attached hydrogens (tertiary/aromatic N) is 2. The summed E-state index contributed by atoms with van der Waals surface area (Å²) in [5.41, 5.74) is 0.691. The third kappa shape index (κ3) is 3.30. The minimum absolute atomic E-state index is 0.215. The van der Waals surface area contributed by atoms with Crippen LogP contribution in [-0.4, -0.2) is 44.4 Å². The van der Waals surface area contributed by atoms with Gasteiger partial charge in [-0.05, 0) is 24.2 Å². The molecule has 0 saturated carbocycles. The number of hydrogen-bond acceptors (Lipinski definition) is 4. The number of carbonyl (C=O) groups excluding carboxylic acids is 1. The van der Waals surface area contributed by atoms with Crippen molar-refractivity contribution in [1.29, 1.82) is 0 Å². The van der Waals surface area contributed by atoms with Gasteiger partial charge in [-0.1, -0.05) is 13.8 Å². The Balaban J connectivity index is 1.98. The van der Waals surface area contributed by atoms with Crippen LogP contribution in [0.5, 0.6) is 0 Å². The second-order valence-electron chi connectivity index (χ2n) is 5.44. The minimum Gasteiger partial charge on any atom is -0.387 e. The zero-order chi connectivity index (χ0) is 14.0. The van der Waals surface area contributed by atoms with E-state index in [0.29, 0.717) is 23.9 Å². The molecular weight excluding hydrogens is 262 g/mol. The Hall–Kier alpha value is -1.01. The number of aryl methyl sites for hydroxylation is 1. The Morgan fingerprint density at radius 3 is 2.95 bits per heavy atom. The molecule has 0 aromatic carbocycles. The molecule has 1 saturated heterocycles. The zero-order valence-corrected chi connectivity index (χ0v) is 12.5. The van der Waals surface area contributed by atoms with E-state index in [1.54, 1.807) is 16.4 Å². The van der Waals surface area contributed by atoms with E-state index >= 15 is 0 Å². The summed E-state index contributed by atoms with van der Waals surface area (Å²) in [5.74, 6) is 1.75. The lowest BCUT2D eigenvalue weighted by molar-refractivity contribution is 0.0610. The lowest BCUT2D eigenvalue weighted by atomic mass is 10.0. The van der Waals surface area contributed by atoms with Crippen molar-refractivity contribution in [1.82, 2.24) is 15.1 Å². The largest absolute Gasteiger partial charge is 0.387 e. The van der Waals surface area contributed by atoms with Gasteiger partial charge in [-0.3, -0.25) is 9.48 Å². The minimum atomic E-state index is -0.754. The van der Waals surface area contributed by atoms with Crippen LogP contribution in [0.25, 0.3) is 0 Å². The molecule has 1 fully saturated rings. The Bertz CT molecular complexity index is 464. The molecule has 0 aliphatic carbocycles. The molecule has 1 aliphatic rings. The van der Waals surface area contributed by atoms with Gasteiger partial charge in [0.1, 0.15) is 5.69 Å². The van der Waals surface area contributed by atoms with Crippen molar-refractivity contribution in [2.45, 2.75) is 31.8 Å². The first-order valence-electron chi connectivity index (χ1n) is 6.53. The highest BCUT2D eigenvalue weighted by Gasteiger charge is 2.32. The van der Waals surface area contributed by atoms with E-state index in [-0.39, 0.29) is 5.91 Å². The molecular formula is C13H21N3O2S. The molecule has 0 spiro atoms. The Morgan fingerprint density at radius 2 is 2.42 bits per heavy atom. The van der Waals surface area contributed by atoms with Gasteiger partial charge in [0.15, 0.2) is 0 Å². The summed E-state index contributed by atoms with van der Waals surface area (Å²) in [7, 11) is 1.84. The van der Waals surface area contributed by atoms with Gasteiger partial charge in [-0.25, -0.2) is 0 Å². The average molecular weight is 283 g/mol. The van der Waals surface area contributed by atoms with Crippen LogP contribution in [0.1, 0.15) is 42.4 Å². The van der Waals surface area contributed by atoms with Gasteiger partial charge < -0.3 is 10.4 Å². The van der Waals surface area contributed by atoms with Crippen LogP contribution in [0.15, 0.2) is 6.07 Å². The fourth-order valence-corrected chi connectivity index (χ4v) is 3.50. The molecule has 0 bridgehead atoms. The first-order chi connectivity index (χ1) is 8.91. The van der Waals surface area contributed by atoms with E-state index in [9.17, 15) is 9.90 Å². The van der Waals surface area contributed by atoms with Crippen molar-refractivity contribution in [3.63, 3.8) is 0 Å². The molecule has 2 rings (SSSR count). The molecule has 6 heteroatoms. The van der Waals surface area contributed by atoms with Gasteiger partial charge in [-0.15, -0.1) is 0 Å². The second kappa shape index (κ2) is 5.54. The van der Waals surface area contributed by atoms with E-state index in [1.165, 1.54) is 0 Å². The lowest BCUT2D eigenvalue weighted by Crippen LogP contribution is -2.43. The Labute approximate surface area is 117 Å². The SMILES string of the molecule is CC(C)c1cc(C(=O)NCC2(O)CCSC2)nn1C. The first-order valence-corrected chi connectivity index (χ1v) is 7.69. The molecule has 1 unspecified atom stereocenters. The van der Waals surface area contributed by atoms with E-state index in [0.717, 1.165) is 17.9 Å². The summed E-state index contributed by atoms with van der Waals surface area (Å²) < 4.78 is 1.74. The zero-order valence-electron chi connectivity index (χ0n) is 11.6. The summed E-state index contributed by atoms with van der Waals surface area (Å²) in [6, 6.07) is 1.81. The van der Waals surface area contributed by atoms with E-state index in [1.807, 2.05) is 13.1 Å². The van der Waals surface area contributed by atoms with Gasteiger partial charge in [0.2, 0.25) is 0 Å². The maximum Gasteiger partial charge on any atom is 0.271 e.